The van der Waals surface area contributed by atoms with E-state index in [-0.39, 0.29) is 12.1 Å². The van der Waals surface area contributed by atoms with Crippen molar-refractivity contribution in [3.8, 4) is 0 Å². The molecule has 0 spiro atoms. The second kappa shape index (κ2) is 13.0. The third-order valence-electron chi connectivity index (χ3n) is 3.46. The number of urea groups is 2. The molecule has 0 aliphatic carbocycles. The Kier molecular flexibility index (Phi) is 12.2. The fraction of sp³-hybridized carbons (Fsp3) is 0.857. The molecule has 0 heterocycles. The topological polar surface area (TPSA) is 101 Å². The average Bonchev–Trinajstić information content (AvgIpc) is 2.58. The molecular formula is C14H32N4O5Si. The van der Waals surface area contributed by atoms with E-state index in [4.69, 9.17) is 13.3 Å². The Labute approximate surface area is 145 Å². The number of rotatable bonds is 12. The molecule has 0 aliphatic rings. The van der Waals surface area contributed by atoms with Crippen LogP contribution in [0.3, 0.4) is 0 Å². The number of hydrogen-bond acceptors (Lipinski definition) is 5. The molecule has 0 atom stereocenters. The van der Waals surface area contributed by atoms with Crippen molar-refractivity contribution in [2.45, 2.75) is 26.3 Å². The minimum absolute atomic E-state index is 0.158. The van der Waals surface area contributed by atoms with Crippen LogP contribution in [-0.4, -0.2) is 79.8 Å². The predicted molar refractivity (Wildman–Crippen MR) is 93.9 cm³/mol. The molecule has 0 aromatic carbocycles. The lowest BCUT2D eigenvalue weighted by atomic mass is 10.4. The summed E-state index contributed by atoms with van der Waals surface area (Å²) >= 11 is 0. The van der Waals surface area contributed by atoms with Crippen LogP contribution < -0.4 is 16.0 Å². The van der Waals surface area contributed by atoms with E-state index >= 15 is 0 Å². The van der Waals surface area contributed by atoms with Gasteiger partial charge in [-0.2, -0.15) is 0 Å². The van der Waals surface area contributed by atoms with Gasteiger partial charge in [0.1, 0.15) is 0 Å². The van der Waals surface area contributed by atoms with Gasteiger partial charge in [-0.1, -0.05) is 0 Å². The number of carbonyl (C=O) groups excluding carboxylic acids is 2. The van der Waals surface area contributed by atoms with Crippen LogP contribution in [-0.2, 0) is 13.3 Å². The maximum absolute atomic E-state index is 12.1. The van der Waals surface area contributed by atoms with E-state index in [0.29, 0.717) is 45.2 Å². The fourth-order valence-corrected chi connectivity index (χ4v) is 3.85. The highest BCUT2D eigenvalue weighted by molar-refractivity contribution is 6.60. The van der Waals surface area contributed by atoms with Gasteiger partial charge in [0, 0.05) is 60.1 Å². The summed E-state index contributed by atoms with van der Waals surface area (Å²) in [4.78, 5) is 25.2. The molecule has 0 fully saturated rings. The SMILES string of the molecule is CCNC(=O)NCCN(CCC[Si](OC)(OC)OC)C(=O)NCC. The third kappa shape index (κ3) is 8.48. The van der Waals surface area contributed by atoms with Crippen molar-refractivity contribution in [1.82, 2.24) is 20.9 Å². The zero-order chi connectivity index (χ0) is 18.4. The van der Waals surface area contributed by atoms with Crippen LogP contribution in [0, 0.1) is 0 Å². The van der Waals surface area contributed by atoms with Crippen molar-refractivity contribution < 1.29 is 22.9 Å². The highest BCUT2D eigenvalue weighted by Gasteiger charge is 2.37. The van der Waals surface area contributed by atoms with E-state index < -0.39 is 8.80 Å². The predicted octanol–water partition coefficient (Wildman–Crippen LogP) is 0.605. The molecule has 4 amide bonds. The zero-order valence-electron chi connectivity index (χ0n) is 15.4. The summed E-state index contributed by atoms with van der Waals surface area (Å²) in [6.45, 7) is 6.14. The molecule has 0 rings (SSSR count). The van der Waals surface area contributed by atoms with Crippen LogP contribution in [0.5, 0.6) is 0 Å². The minimum atomic E-state index is -2.64. The lowest BCUT2D eigenvalue weighted by Gasteiger charge is -2.27. The smallest absolute Gasteiger partial charge is 0.377 e. The van der Waals surface area contributed by atoms with Crippen molar-refractivity contribution in [1.29, 1.82) is 0 Å². The first-order chi connectivity index (χ1) is 11.5. The summed E-state index contributed by atoms with van der Waals surface area (Å²) in [5.74, 6) is 0. The van der Waals surface area contributed by atoms with Crippen LogP contribution >= 0.6 is 0 Å². The van der Waals surface area contributed by atoms with Crippen LogP contribution in [0.2, 0.25) is 6.04 Å². The highest BCUT2D eigenvalue weighted by atomic mass is 28.4. The number of amides is 4. The molecule has 9 nitrogen and oxygen atoms in total. The second-order valence-electron chi connectivity index (χ2n) is 5.01. The molecule has 0 bridgehead atoms. The number of nitrogens with one attached hydrogen (secondary N) is 3. The molecule has 10 heteroatoms. The van der Waals surface area contributed by atoms with Gasteiger partial charge in [0.25, 0.3) is 0 Å². The molecule has 0 radical (unpaired) electrons. The third-order valence-corrected chi connectivity index (χ3v) is 6.30. The first kappa shape index (κ1) is 22.6. The summed E-state index contributed by atoms with van der Waals surface area (Å²) in [7, 11) is 2.06. The molecular weight excluding hydrogens is 332 g/mol. The van der Waals surface area contributed by atoms with Crippen LogP contribution in [0.25, 0.3) is 0 Å². The van der Waals surface area contributed by atoms with Gasteiger partial charge in [0.15, 0.2) is 0 Å². The molecule has 0 unspecified atom stereocenters. The monoisotopic (exact) mass is 364 g/mol. The van der Waals surface area contributed by atoms with Gasteiger partial charge >= 0.3 is 20.9 Å². The Morgan fingerprint density at radius 3 is 2.00 bits per heavy atom. The summed E-state index contributed by atoms with van der Waals surface area (Å²) in [5.41, 5.74) is 0. The largest absolute Gasteiger partial charge is 0.500 e. The van der Waals surface area contributed by atoms with E-state index in [1.807, 2.05) is 13.8 Å². The molecule has 0 aromatic heterocycles. The maximum Gasteiger partial charge on any atom is 0.500 e. The van der Waals surface area contributed by atoms with Gasteiger partial charge in [0.2, 0.25) is 0 Å². The maximum atomic E-state index is 12.1. The Morgan fingerprint density at radius 1 is 0.917 bits per heavy atom. The lowest BCUT2D eigenvalue weighted by molar-refractivity contribution is 0.121. The Morgan fingerprint density at radius 2 is 1.50 bits per heavy atom. The van der Waals surface area contributed by atoms with Crippen LogP contribution in [0.15, 0.2) is 0 Å². The fourth-order valence-electron chi connectivity index (χ4n) is 2.15. The van der Waals surface area contributed by atoms with Crippen molar-refractivity contribution in [2.24, 2.45) is 0 Å². The van der Waals surface area contributed by atoms with Crippen molar-refractivity contribution >= 4 is 20.9 Å². The first-order valence-electron chi connectivity index (χ1n) is 8.18. The van der Waals surface area contributed by atoms with Gasteiger partial charge in [-0.15, -0.1) is 0 Å². The Balaban J connectivity index is 4.46. The number of carbonyl (C=O) groups is 2. The van der Waals surface area contributed by atoms with Gasteiger partial charge in [-0.25, -0.2) is 9.59 Å². The van der Waals surface area contributed by atoms with Crippen LogP contribution in [0.1, 0.15) is 20.3 Å². The van der Waals surface area contributed by atoms with Crippen LogP contribution in [0.4, 0.5) is 9.59 Å². The molecule has 24 heavy (non-hydrogen) atoms. The van der Waals surface area contributed by atoms with Crippen molar-refractivity contribution in [3.05, 3.63) is 0 Å². The highest BCUT2D eigenvalue weighted by Crippen LogP contribution is 2.15. The summed E-state index contributed by atoms with van der Waals surface area (Å²) in [6.07, 6.45) is 0.681. The average molecular weight is 365 g/mol. The first-order valence-corrected chi connectivity index (χ1v) is 10.1. The molecule has 142 valence electrons. The van der Waals surface area contributed by atoms with E-state index in [2.05, 4.69) is 16.0 Å². The summed E-state index contributed by atoms with van der Waals surface area (Å²) in [6, 6.07) is 0.212. The van der Waals surface area contributed by atoms with E-state index in [9.17, 15) is 9.59 Å². The van der Waals surface area contributed by atoms with Crippen molar-refractivity contribution in [2.75, 3.05) is 54.1 Å². The van der Waals surface area contributed by atoms with Gasteiger partial charge in [-0.3, -0.25) is 0 Å². The zero-order valence-corrected chi connectivity index (χ0v) is 16.4. The molecule has 0 aromatic rings. The van der Waals surface area contributed by atoms with E-state index in [1.165, 1.54) is 0 Å². The van der Waals surface area contributed by atoms with E-state index in [1.54, 1.807) is 26.2 Å². The Hall–Kier alpha value is -1.36. The second-order valence-corrected chi connectivity index (χ2v) is 8.10. The van der Waals surface area contributed by atoms with Crippen molar-refractivity contribution in [3.63, 3.8) is 0 Å². The molecule has 3 N–H and O–H groups in total. The number of nitrogens with zero attached hydrogens (tertiary/aromatic N) is 1. The Bertz CT molecular complexity index is 361. The van der Waals surface area contributed by atoms with Gasteiger partial charge in [-0.05, 0) is 20.3 Å². The quantitative estimate of drug-likeness (QED) is 0.440. The van der Waals surface area contributed by atoms with E-state index in [0.717, 1.165) is 0 Å². The molecule has 0 saturated heterocycles. The molecule has 0 aliphatic heterocycles. The van der Waals surface area contributed by atoms with Gasteiger partial charge < -0.3 is 34.1 Å². The lowest BCUT2D eigenvalue weighted by Crippen LogP contribution is -2.47. The summed E-state index contributed by atoms with van der Waals surface area (Å²) < 4.78 is 16.1. The summed E-state index contributed by atoms with van der Waals surface area (Å²) in [5, 5.41) is 8.14. The number of hydrogen-bond donors (Lipinski definition) is 3. The standard InChI is InChI=1S/C14H32N4O5Si/c1-6-15-13(19)17-9-11-18(14(20)16-7-2)10-8-12-24(21-3,22-4)23-5/h6-12H2,1-5H3,(H,16,20)(H2,15,17,19). The minimum Gasteiger partial charge on any atom is -0.377 e. The van der Waals surface area contributed by atoms with Gasteiger partial charge in [0.05, 0.1) is 0 Å². The normalized spacial score (nSPS) is 11.0. The molecule has 0 saturated carbocycles.